The number of hydrogen-bond acceptors (Lipinski definition) is 3. The van der Waals surface area contributed by atoms with Gasteiger partial charge >= 0.3 is 0 Å². The van der Waals surface area contributed by atoms with Crippen LogP contribution in [0.2, 0.25) is 0 Å². The smallest absolute Gasteiger partial charge is 0.0842 e. The summed E-state index contributed by atoms with van der Waals surface area (Å²) in [5.74, 6) is 0. The van der Waals surface area contributed by atoms with E-state index in [1.54, 1.807) is 4.68 Å². The van der Waals surface area contributed by atoms with Gasteiger partial charge in [0.25, 0.3) is 0 Å². The van der Waals surface area contributed by atoms with Crippen molar-refractivity contribution in [3.63, 3.8) is 0 Å². The zero-order chi connectivity index (χ0) is 14.2. The molecule has 0 aliphatic heterocycles. The molecule has 1 heterocycles. The molecule has 1 aromatic carbocycles. The van der Waals surface area contributed by atoms with Crippen LogP contribution >= 0.6 is 0 Å². The van der Waals surface area contributed by atoms with Crippen molar-refractivity contribution >= 4 is 0 Å². The van der Waals surface area contributed by atoms with Crippen molar-refractivity contribution < 1.29 is 0 Å². The van der Waals surface area contributed by atoms with Crippen molar-refractivity contribution in [2.24, 2.45) is 7.05 Å². The van der Waals surface area contributed by atoms with Gasteiger partial charge in [-0.25, -0.2) is 0 Å². The van der Waals surface area contributed by atoms with Crippen molar-refractivity contribution in [3.8, 4) is 0 Å². The normalized spacial score (nSPS) is 12.5. The van der Waals surface area contributed by atoms with Crippen LogP contribution in [0.3, 0.4) is 0 Å². The van der Waals surface area contributed by atoms with Crippen molar-refractivity contribution in [1.29, 1.82) is 0 Å². The molecule has 20 heavy (non-hydrogen) atoms. The number of nitrogens with zero attached hydrogens (tertiary/aromatic N) is 3. The summed E-state index contributed by atoms with van der Waals surface area (Å²) in [7, 11) is 1.91. The summed E-state index contributed by atoms with van der Waals surface area (Å²) in [5.41, 5.74) is 2.49. The molecule has 0 fully saturated rings. The predicted octanol–water partition coefficient (Wildman–Crippen LogP) is 2.36. The Labute approximate surface area is 121 Å². The molecular formula is C16H24N4. The minimum Gasteiger partial charge on any atom is -0.314 e. The molecule has 0 bridgehead atoms. The van der Waals surface area contributed by atoms with E-state index in [4.69, 9.17) is 0 Å². The average Bonchev–Trinajstić information content (AvgIpc) is 2.85. The predicted molar refractivity (Wildman–Crippen MR) is 81.6 cm³/mol. The van der Waals surface area contributed by atoms with Crippen molar-refractivity contribution in [2.45, 2.75) is 38.6 Å². The topological polar surface area (TPSA) is 42.7 Å². The minimum absolute atomic E-state index is 0.486. The van der Waals surface area contributed by atoms with Gasteiger partial charge in [-0.1, -0.05) is 42.5 Å². The molecule has 0 aliphatic rings. The molecule has 0 radical (unpaired) electrons. The molecule has 0 aliphatic carbocycles. The second-order valence-corrected chi connectivity index (χ2v) is 5.22. The molecule has 1 N–H and O–H groups in total. The molecule has 4 heteroatoms. The van der Waals surface area contributed by atoms with E-state index >= 15 is 0 Å². The Balaban J connectivity index is 1.80. The van der Waals surface area contributed by atoms with Gasteiger partial charge in [0.2, 0.25) is 0 Å². The van der Waals surface area contributed by atoms with Gasteiger partial charge in [-0.05, 0) is 31.4 Å². The Morgan fingerprint density at radius 1 is 1.25 bits per heavy atom. The highest BCUT2D eigenvalue weighted by Gasteiger charge is 2.10. The first kappa shape index (κ1) is 14.7. The summed E-state index contributed by atoms with van der Waals surface area (Å²) in [4.78, 5) is 0. The van der Waals surface area contributed by atoms with Crippen molar-refractivity contribution in [1.82, 2.24) is 20.3 Å². The SMILES string of the molecule is CCNC(CCCc1ccccc1)Cc1cn(C)nn1. The number of aryl methyl sites for hydroxylation is 2. The first-order valence-corrected chi connectivity index (χ1v) is 7.40. The van der Waals surface area contributed by atoms with Gasteiger partial charge in [0, 0.05) is 25.7 Å². The highest BCUT2D eigenvalue weighted by Crippen LogP contribution is 2.09. The lowest BCUT2D eigenvalue weighted by Crippen LogP contribution is -2.31. The van der Waals surface area contributed by atoms with Crippen molar-refractivity contribution in [3.05, 3.63) is 47.8 Å². The van der Waals surface area contributed by atoms with Gasteiger partial charge in [-0.2, -0.15) is 0 Å². The maximum absolute atomic E-state index is 4.18. The Hall–Kier alpha value is -1.68. The summed E-state index contributed by atoms with van der Waals surface area (Å²) < 4.78 is 1.77. The molecule has 2 rings (SSSR count). The van der Waals surface area contributed by atoms with Gasteiger partial charge < -0.3 is 5.32 Å². The highest BCUT2D eigenvalue weighted by atomic mass is 15.4. The van der Waals surface area contributed by atoms with E-state index in [2.05, 4.69) is 52.9 Å². The lowest BCUT2D eigenvalue weighted by Gasteiger charge is -2.16. The first-order chi connectivity index (χ1) is 9.78. The molecule has 4 nitrogen and oxygen atoms in total. The van der Waals surface area contributed by atoms with Crippen LogP contribution in [-0.2, 0) is 19.9 Å². The third-order valence-corrected chi connectivity index (χ3v) is 3.46. The summed E-state index contributed by atoms with van der Waals surface area (Å²) >= 11 is 0. The van der Waals surface area contributed by atoms with Crippen molar-refractivity contribution in [2.75, 3.05) is 6.54 Å². The van der Waals surface area contributed by atoms with Crippen LogP contribution in [0.1, 0.15) is 31.0 Å². The Morgan fingerprint density at radius 3 is 2.70 bits per heavy atom. The summed E-state index contributed by atoms with van der Waals surface area (Å²) in [6, 6.07) is 11.2. The quantitative estimate of drug-likeness (QED) is 0.802. The molecule has 0 spiro atoms. The number of benzene rings is 1. The zero-order valence-corrected chi connectivity index (χ0v) is 12.4. The van der Waals surface area contributed by atoms with Crippen LogP contribution in [0.4, 0.5) is 0 Å². The lowest BCUT2D eigenvalue weighted by atomic mass is 10.0. The Bertz CT molecular complexity index is 492. The maximum atomic E-state index is 4.18. The van der Waals surface area contributed by atoms with E-state index in [0.29, 0.717) is 6.04 Å². The lowest BCUT2D eigenvalue weighted by molar-refractivity contribution is 0.472. The van der Waals surface area contributed by atoms with Gasteiger partial charge in [0.1, 0.15) is 0 Å². The minimum atomic E-state index is 0.486. The molecule has 1 atom stereocenters. The molecule has 0 amide bonds. The molecule has 2 aromatic rings. The molecule has 0 saturated heterocycles. The van der Waals surface area contributed by atoms with Gasteiger partial charge in [-0.3, -0.25) is 4.68 Å². The number of aromatic nitrogens is 3. The van der Waals surface area contributed by atoms with Crippen LogP contribution in [0, 0.1) is 0 Å². The van der Waals surface area contributed by atoms with E-state index in [0.717, 1.165) is 25.1 Å². The molecule has 0 saturated carbocycles. The average molecular weight is 272 g/mol. The van der Waals surface area contributed by atoms with E-state index in [9.17, 15) is 0 Å². The molecular weight excluding hydrogens is 248 g/mol. The monoisotopic (exact) mass is 272 g/mol. The molecule has 1 unspecified atom stereocenters. The van der Waals surface area contributed by atoms with Crippen LogP contribution in [0.15, 0.2) is 36.5 Å². The summed E-state index contributed by atoms with van der Waals surface area (Å²) in [6.45, 7) is 3.15. The van der Waals surface area contributed by atoms with E-state index in [1.807, 2.05) is 13.2 Å². The van der Waals surface area contributed by atoms with Gasteiger partial charge in [0.05, 0.1) is 5.69 Å². The highest BCUT2D eigenvalue weighted by molar-refractivity contribution is 5.14. The molecule has 1 aromatic heterocycles. The number of hydrogen-bond donors (Lipinski definition) is 1. The van der Waals surface area contributed by atoms with Gasteiger partial charge in [-0.15, -0.1) is 5.10 Å². The second-order valence-electron chi connectivity index (χ2n) is 5.22. The third-order valence-electron chi connectivity index (χ3n) is 3.46. The third kappa shape index (κ3) is 4.78. The largest absolute Gasteiger partial charge is 0.314 e. The van der Waals surface area contributed by atoms with Crippen LogP contribution in [0.5, 0.6) is 0 Å². The fourth-order valence-corrected chi connectivity index (χ4v) is 2.50. The first-order valence-electron chi connectivity index (χ1n) is 7.40. The number of nitrogens with one attached hydrogen (secondary N) is 1. The number of likely N-dealkylation sites (N-methyl/N-ethyl adjacent to an activating group) is 1. The van der Waals surface area contributed by atoms with E-state index in [-0.39, 0.29) is 0 Å². The fraction of sp³-hybridized carbons (Fsp3) is 0.500. The maximum Gasteiger partial charge on any atom is 0.0842 e. The fourth-order valence-electron chi connectivity index (χ4n) is 2.50. The van der Waals surface area contributed by atoms with Crippen LogP contribution in [-0.4, -0.2) is 27.6 Å². The zero-order valence-electron chi connectivity index (χ0n) is 12.4. The standard InChI is InChI=1S/C16H24N4/c1-3-17-15(12-16-13-20(2)19-18-16)11-7-10-14-8-5-4-6-9-14/h4-6,8-9,13,15,17H,3,7,10-12H2,1-2H3. The van der Waals surface area contributed by atoms with Crippen LogP contribution < -0.4 is 5.32 Å². The van der Waals surface area contributed by atoms with Crippen LogP contribution in [0.25, 0.3) is 0 Å². The Kier molecular flexibility index (Phi) is 5.74. The molecule has 108 valence electrons. The summed E-state index contributed by atoms with van der Waals surface area (Å²) in [6.07, 6.45) is 6.46. The van der Waals surface area contributed by atoms with Gasteiger partial charge in [0.15, 0.2) is 0 Å². The van der Waals surface area contributed by atoms with E-state index in [1.165, 1.54) is 18.4 Å². The number of rotatable bonds is 8. The second kappa shape index (κ2) is 7.80. The summed E-state index contributed by atoms with van der Waals surface area (Å²) in [5, 5.41) is 11.7. The Morgan fingerprint density at radius 2 is 2.05 bits per heavy atom. The van der Waals surface area contributed by atoms with E-state index < -0.39 is 0 Å².